The number of nitrogens with one attached hydrogen (secondary N) is 1. The predicted octanol–water partition coefficient (Wildman–Crippen LogP) is 1.43. The summed E-state index contributed by atoms with van der Waals surface area (Å²) in [5, 5.41) is 13.3. The molecule has 4 heteroatoms. The van der Waals surface area contributed by atoms with E-state index in [9.17, 15) is 5.11 Å². The third-order valence-corrected chi connectivity index (χ3v) is 3.72. The van der Waals surface area contributed by atoms with E-state index in [1.165, 1.54) is 4.90 Å². The highest BCUT2D eigenvalue weighted by Gasteiger charge is 2.19. The first kappa shape index (κ1) is 11.9. The summed E-state index contributed by atoms with van der Waals surface area (Å²) in [4.78, 5) is 1.24. The van der Waals surface area contributed by atoms with E-state index in [1.54, 1.807) is 0 Å². The highest BCUT2D eigenvalue weighted by atomic mass is 32.2. The molecule has 1 unspecified atom stereocenters. The van der Waals surface area contributed by atoms with Gasteiger partial charge in [-0.05, 0) is 24.7 Å². The van der Waals surface area contributed by atoms with Gasteiger partial charge in [-0.15, -0.1) is 11.8 Å². The number of rotatable bonds is 5. The zero-order valence-corrected chi connectivity index (χ0v) is 10.2. The summed E-state index contributed by atoms with van der Waals surface area (Å²) in [7, 11) is 1.84. The third-order valence-electron chi connectivity index (χ3n) is 2.57. The van der Waals surface area contributed by atoms with E-state index in [0.717, 1.165) is 18.8 Å². The molecule has 1 aliphatic heterocycles. The largest absolute Gasteiger partial charge is 0.387 e. The van der Waals surface area contributed by atoms with Gasteiger partial charge < -0.3 is 15.2 Å². The van der Waals surface area contributed by atoms with Crippen LogP contribution in [-0.2, 0) is 4.74 Å². The van der Waals surface area contributed by atoms with Crippen molar-refractivity contribution in [3.63, 3.8) is 0 Å². The number of aliphatic hydroxyl groups excluding tert-OH is 1. The smallest absolute Gasteiger partial charge is 0.0914 e. The van der Waals surface area contributed by atoms with Gasteiger partial charge in [-0.25, -0.2) is 0 Å². The van der Waals surface area contributed by atoms with Crippen LogP contribution < -0.4 is 5.32 Å². The van der Waals surface area contributed by atoms with Gasteiger partial charge >= 0.3 is 0 Å². The molecule has 0 radical (unpaired) electrons. The van der Waals surface area contributed by atoms with Gasteiger partial charge in [-0.1, -0.05) is 12.1 Å². The second-order valence-corrected chi connectivity index (χ2v) is 5.29. The van der Waals surface area contributed by atoms with Crippen molar-refractivity contribution in [2.45, 2.75) is 16.2 Å². The zero-order chi connectivity index (χ0) is 11.4. The summed E-state index contributed by atoms with van der Waals surface area (Å²) in [5.74, 6) is 0. The molecule has 0 amide bonds. The lowest BCUT2D eigenvalue weighted by Gasteiger charge is -2.25. The highest BCUT2D eigenvalue weighted by molar-refractivity contribution is 8.00. The number of ether oxygens (including phenoxy) is 1. The Kier molecular flexibility index (Phi) is 4.23. The van der Waals surface area contributed by atoms with Gasteiger partial charge in [0.05, 0.1) is 24.6 Å². The van der Waals surface area contributed by atoms with Crippen molar-refractivity contribution < 1.29 is 9.84 Å². The third kappa shape index (κ3) is 2.98. The van der Waals surface area contributed by atoms with E-state index < -0.39 is 6.10 Å². The molecule has 0 aliphatic carbocycles. The minimum atomic E-state index is -0.420. The van der Waals surface area contributed by atoms with Crippen molar-refractivity contribution in [3.8, 4) is 0 Å². The molecule has 1 aromatic rings. The molecule has 0 saturated carbocycles. The van der Waals surface area contributed by atoms with E-state index in [0.29, 0.717) is 11.8 Å². The molecule has 0 spiro atoms. The summed E-state index contributed by atoms with van der Waals surface area (Å²) in [5.41, 5.74) is 0.962. The predicted molar refractivity (Wildman–Crippen MR) is 65.8 cm³/mol. The Balaban J connectivity index is 1.92. The van der Waals surface area contributed by atoms with Crippen LogP contribution in [0.3, 0.4) is 0 Å². The van der Waals surface area contributed by atoms with Gasteiger partial charge in [-0.3, -0.25) is 0 Å². The van der Waals surface area contributed by atoms with Gasteiger partial charge in [0.25, 0.3) is 0 Å². The molecule has 1 aliphatic rings. The highest BCUT2D eigenvalue weighted by Crippen LogP contribution is 2.28. The molecule has 1 saturated heterocycles. The topological polar surface area (TPSA) is 41.5 Å². The van der Waals surface area contributed by atoms with E-state index >= 15 is 0 Å². The molecule has 3 nitrogen and oxygen atoms in total. The summed E-state index contributed by atoms with van der Waals surface area (Å²) >= 11 is 1.84. The molecule has 0 aromatic heterocycles. The summed E-state index contributed by atoms with van der Waals surface area (Å²) < 4.78 is 5.13. The molecule has 2 rings (SSSR count). The van der Waals surface area contributed by atoms with Crippen molar-refractivity contribution in [3.05, 3.63) is 29.8 Å². The maximum Gasteiger partial charge on any atom is 0.0914 e. The Morgan fingerprint density at radius 3 is 2.62 bits per heavy atom. The van der Waals surface area contributed by atoms with Gasteiger partial charge in [0, 0.05) is 11.4 Å². The monoisotopic (exact) mass is 239 g/mol. The first-order valence-electron chi connectivity index (χ1n) is 5.46. The van der Waals surface area contributed by atoms with Crippen molar-refractivity contribution in [1.29, 1.82) is 0 Å². The van der Waals surface area contributed by atoms with E-state index in [4.69, 9.17) is 4.74 Å². The Bertz CT molecular complexity index is 324. The average molecular weight is 239 g/mol. The Labute approximate surface area is 100 Å². The van der Waals surface area contributed by atoms with Crippen molar-refractivity contribution >= 4 is 11.8 Å². The van der Waals surface area contributed by atoms with E-state index in [-0.39, 0.29) is 0 Å². The maximum atomic E-state index is 9.76. The minimum absolute atomic E-state index is 0.420. The van der Waals surface area contributed by atoms with Crippen LogP contribution in [0, 0.1) is 0 Å². The summed E-state index contributed by atoms with van der Waals surface area (Å²) in [6, 6.07) is 8.11. The number of hydrogen-bond donors (Lipinski definition) is 2. The lowest BCUT2D eigenvalue weighted by molar-refractivity contribution is 0.0455. The van der Waals surface area contributed by atoms with Gasteiger partial charge in [0.2, 0.25) is 0 Å². The molecule has 0 bridgehead atoms. The van der Waals surface area contributed by atoms with Crippen molar-refractivity contribution in [1.82, 2.24) is 5.32 Å². The van der Waals surface area contributed by atoms with Crippen LogP contribution in [0.25, 0.3) is 0 Å². The van der Waals surface area contributed by atoms with Crippen LogP contribution in [0.1, 0.15) is 11.7 Å². The molecule has 1 heterocycles. The molecule has 88 valence electrons. The van der Waals surface area contributed by atoms with Crippen LogP contribution in [0.4, 0.5) is 0 Å². The lowest BCUT2D eigenvalue weighted by Crippen LogP contribution is -2.29. The number of hydrogen-bond acceptors (Lipinski definition) is 4. The molecule has 1 aromatic carbocycles. The van der Waals surface area contributed by atoms with E-state index in [2.05, 4.69) is 17.4 Å². The second kappa shape index (κ2) is 5.68. The Morgan fingerprint density at radius 2 is 2.12 bits per heavy atom. The fourth-order valence-electron chi connectivity index (χ4n) is 1.55. The average Bonchev–Trinajstić information content (AvgIpc) is 2.25. The lowest BCUT2D eigenvalue weighted by atomic mass is 10.1. The molecule has 16 heavy (non-hydrogen) atoms. The number of benzene rings is 1. The number of thioether (sulfide) groups is 1. The summed E-state index contributed by atoms with van der Waals surface area (Å²) in [6.07, 6.45) is -0.420. The van der Waals surface area contributed by atoms with Crippen LogP contribution in [0.5, 0.6) is 0 Å². The van der Waals surface area contributed by atoms with Crippen LogP contribution in [0.15, 0.2) is 29.2 Å². The van der Waals surface area contributed by atoms with Gasteiger partial charge in [-0.2, -0.15) is 0 Å². The molecular formula is C12H17NO2S. The fraction of sp³-hybridized carbons (Fsp3) is 0.500. The van der Waals surface area contributed by atoms with Crippen LogP contribution in [0.2, 0.25) is 0 Å². The molecule has 1 atom stereocenters. The molecular weight excluding hydrogens is 222 g/mol. The van der Waals surface area contributed by atoms with Crippen LogP contribution >= 0.6 is 11.8 Å². The van der Waals surface area contributed by atoms with E-state index in [1.807, 2.05) is 30.9 Å². The Hall–Kier alpha value is -0.550. The zero-order valence-electron chi connectivity index (χ0n) is 9.35. The van der Waals surface area contributed by atoms with Crippen molar-refractivity contribution in [2.24, 2.45) is 0 Å². The standard InChI is InChI=1S/C12H17NO2S/c1-13-6-12(14)9-2-4-10(5-3-9)16-11-7-15-8-11/h2-5,11-14H,6-8H2,1H3. The fourth-order valence-corrected chi connectivity index (χ4v) is 2.56. The van der Waals surface area contributed by atoms with Gasteiger partial charge in [0.1, 0.15) is 0 Å². The van der Waals surface area contributed by atoms with Crippen molar-refractivity contribution in [2.75, 3.05) is 26.8 Å². The first-order chi connectivity index (χ1) is 7.79. The normalized spacial score (nSPS) is 18.1. The number of aliphatic hydroxyl groups is 1. The molecule has 2 N–H and O–H groups in total. The maximum absolute atomic E-state index is 9.76. The molecule has 1 fully saturated rings. The number of likely N-dealkylation sites (N-methyl/N-ethyl adjacent to an activating group) is 1. The quantitative estimate of drug-likeness (QED) is 0.815. The SMILES string of the molecule is CNCC(O)c1ccc(SC2COC2)cc1. The van der Waals surface area contributed by atoms with Crippen LogP contribution in [-0.4, -0.2) is 37.2 Å². The summed E-state index contributed by atoms with van der Waals surface area (Å²) in [6.45, 7) is 2.30. The second-order valence-electron chi connectivity index (χ2n) is 3.92. The first-order valence-corrected chi connectivity index (χ1v) is 6.34. The van der Waals surface area contributed by atoms with Gasteiger partial charge in [0.15, 0.2) is 0 Å². The minimum Gasteiger partial charge on any atom is -0.387 e. The Morgan fingerprint density at radius 1 is 1.44 bits per heavy atom.